The molecular weight excluding hydrogens is 398 g/mol. The van der Waals surface area contributed by atoms with Crippen LogP contribution in [0, 0.1) is 0 Å². The molecule has 0 fully saturated rings. The summed E-state index contributed by atoms with van der Waals surface area (Å²) in [5.74, 6) is 2.59. The molecule has 0 spiro atoms. The maximum absolute atomic E-state index is 12.3. The highest BCUT2D eigenvalue weighted by molar-refractivity contribution is 5.89. The van der Waals surface area contributed by atoms with Crippen molar-refractivity contribution in [3.05, 3.63) is 71.9 Å². The molecule has 2 aromatic carbocycles. The molecule has 0 radical (unpaired) electrons. The van der Waals surface area contributed by atoms with E-state index in [9.17, 15) is 4.79 Å². The lowest BCUT2D eigenvalue weighted by atomic mass is 10.2. The molecule has 2 N–H and O–H groups in total. The topological polar surface area (TPSA) is 90.9 Å². The van der Waals surface area contributed by atoms with Crippen LogP contribution in [-0.2, 0) is 13.2 Å². The van der Waals surface area contributed by atoms with Gasteiger partial charge in [-0.1, -0.05) is 18.2 Å². The number of rotatable bonds is 8. The lowest BCUT2D eigenvalue weighted by molar-refractivity contribution is 0.173. The van der Waals surface area contributed by atoms with Crippen LogP contribution >= 0.6 is 0 Å². The SMILES string of the molecule is CCOc1ncccc1CNC(=O)Nc1cccc(COc2ccc3c(c2)OCO3)c1. The Labute approximate surface area is 180 Å². The van der Waals surface area contributed by atoms with Crippen LogP contribution in [0.4, 0.5) is 10.5 Å². The number of hydrogen-bond donors (Lipinski definition) is 2. The molecule has 0 saturated carbocycles. The van der Waals surface area contributed by atoms with Gasteiger partial charge in [-0.3, -0.25) is 0 Å². The van der Waals surface area contributed by atoms with Crippen molar-refractivity contribution in [2.24, 2.45) is 0 Å². The van der Waals surface area contributed by atoms with E-state index in [-0.39, 0.29) is 12.8 Å². The van der Waals surface area contributed by atoms with Gasteiger partial charge in [0.1, 0.15) is 12.4 Å². The molecule has 1 aromatic heterocycles. The number of fused-ring (bicyclic) bond motifs is 1. The summed E-state index contributed by atoms with van der Waals surface area (Å²) >= 11 is 0. The first-order chi connectivity index (χ1) is 15.2. The summed E-state index contributed by atoms with van der Waals surface area (Å²) in [6.45, 7) is 3.29. The van der Waals surface area contributed by atoms with Crippen LogP contribution in [0.5, 0.6) is 23.1 Å². The molecule has 8 heteroatoms. The number of benzene rings is 2. The summed E-state index contributed by atoms with van der Waals surface area (Å²) < 4.78 is 22.0. The van der Waals surface area contributed by atoms with Crippen molar-refractivity contribution < 1.29 is 23.7 Å². The first-order valence-electron chi connectivity index (χ1n) is 9.94. The molecule has 0 saturated heterocycles. The Kier molecular flexibility index (Phi) is 6.37. The average Bonchev–Trinajstić information content (AvgIpc) is 3.25. The minimum atomic E-state index is -0.319. The summed E-state index contributed by atoms with van der Waals surface area (Å²) in [4.78, 5) is 16.5. The number of hydrogen-bond acceptors (Lipinski definition) is 6. The van der Waals surface area contributed by atoms with Crippen LogP contribution in [-0.4, -0.2) is 24.4 Å². The third-order valence-corrected chi connectivity index (χ3v) is 4.50. The fourth-order valence-electron chi connectivity index (χ4n) is 3.05. The van der Waals surface area contributed by atoms with E-state index in [4.69, 9.17) is 18.9 Å². The Morgan fingerprint density at radius 3 is 2.87 bits per heavy atom. The number of carbonyl (C=O) groups is 1. The van der Waals surface area contributed by atoms with Gasteiger partial charge >= 0.3 is 6.03 Å². The second kappa shape index (κ2) is 9.71. The van der Waals surface area contributed by atoms with Crippen LogP contribution < -0.4 is 29.6 Å². The molecule has 31 heavy (non-hydrogen) atoms. The van der Waals surface area contributed by atoms with Crippen LogP contribution in [0.1, 0.15) is 18.1 Å². The molecule has 0 atom stereocenters. The maximum Gasteiger partial charge on any atom is 0.319 e. The Morgan fingerprint density at radius 2 is 1.97 bits per heavy atom. The zero-order chi connectivity index (χ0) is 21.5. The molecular formula is C23H23N3O5. The van der Waals surface area contributed by atoms with Gasteiger partial charge in [0.15, 0.2) is 11.5 Å². The highest BCUT2D eigenvalue weighted by Gasteiger charge is 2.14. The van der Waals surface area contributed by atoms with E-state index in [1.807, 2.05) is 49.4 Å². The third kappa shape index (κ3) is 5.36. The van der Waals surface area contributed by atoms with E-state index in [0.717, 1.165) is 11.1 Å². The van der Waals surface area contributed by atoms with Crippen molar-refractivity contribution in [3.8, 4) is 23.1 Å². The van der Waals surface area contributed by atoms with Gasteiger partial charge in [0, 0.05) is 30.1 Å². The zero-order valence-electron chi connectivity index (χ0n) is 17.1. The molecule has 160 valence electrons. The zero-order valence-corrected chi connectivity index (χ0v) is 17.1. The van der Waals surface area contributed by atoms with Gasteiger partial charge in [0.05, 0.1) is 6.61 Å². The van der Waals surface area contributed by atoms with Crippen LogP contribution in [0.3, 0.4) is 0 Å². The lowest BCUT2D eigenvalue weighted by Gasteiger charge is -2.12. The second-order valence-corrected chi connectivity index (χ2v) is 6.71. The number of carbonyl (C=O) groups excluding carboxylic acids is 1. The number of anilines is 1. The average molecular weight is 421 g/mol. The van der Waals surface area contributed by atoms with Gasteiger partial charge in [-0.15, -0.1) is 0 Å². The number of nitrogens with one attached hydrogen (secondary N) is 2. The number of amides is 2. The van der Waals surface area contributed by atoms with Gasteiger partial charge < -0.3 is 29.6 Å². The number of ether oxygens (including phenoxy) is 4. The summed E-state index contributed by atoms with van der Waals surface area (Å²) in [5, 5.41) is 5.65. The van der Waals surface area contributed by atoms with Crippen molar-refractivity contribution in [2.75, 3.05) is 18.7 Å². The van der Waals surface area contributed by atoms with E-state index in [0.29, 0.717) is 48.6 Å². The predicted molar refractivity (Wildman–Crippen MR) is 115 cm³/mol. The third-order valence-electron chi connectivity index (χ3n) is 4.50. The Hall–Kier alpha value is -3.94. The van der Waals surface area contributed by atoms with Gasteiger partial charge in [-0.2, -0.15) is 0 Å². The number of aromatic nitrogens is 1. The molecule has 0 bridgehead atoms. The van der Waals surface area contributed by atoms with Crippen LogP contribution in [0.15, 0.2) is 60.8 Å². The van der Waals surface area contributed by atoms with Crippen molar-refractivity contribution >= 4 is 11.7 Å². The molecule has 2 amide bonds. The first kappa shape index (κ1) is 20.3. The molecule has 0 unspecified atom stereocenters. The number of nitrogens with zero attached hydrogens (tertiary/aromatic N) is 1. The van der Waals surface area contributed by atoms with Crippen molar-refractivity contribution in [2.45, 2.75) is 20.1 Å². The molecule has 8 nitrogen and oxygen atoms in total. The minimum absolute atomic E-state index is 0.224. The fourth-order valence-corrected chi connectivity index (χ4v) is 3.05. The van der Waals surface area contributed by atoms with Gasteiger partial charge in [0.25, 0.3) is 0 Å². The predicted octanol–water partition coefficient (Wildman–Crippen LogP) is 4.11. The van der Waals surface area contributed by atoms with Gasteiger partial charge in [-0.05, 0) is 42.8 Å². The van der Waals surface area contributed by atoms with Gasteiger partial charge in [-0.25, -0.2) is 9.78 Å². The maximum atomic E-state index is 12.3. The van der Waals surface area contributed by atoms with E-state index in [2.05, 4.69) is 15.6 Å². The number of urea groups is 1. The quantitative estimate of drug-likeness (QED) is 0.569. The largest absolute Gasteiger partial charge is 0.489 e. The normalized spacial score (nSPS) is 11.6. The first-order valence-corrected chi connectivity index (χ1v) is 9.94. The van der Waals surface area contributed by atoms with E-state index in [1.54, 1.807) is 18.3 Å². The Morgan fingerprint density at radius 1 is 1.06 bits per heavy atom. The molecule has 1 aliphatic heterocycles. The van der Waals surface area contributed by atoms with Crippen LogP contribution in [0.2, 0.25) is 0 Å². The highest BCUT2D eigenvalue weighted by Crippen LogP contribution is 2.35. The van der Waals surface area contributed by atoms with E-state index >= 15 is 0 Å². The van der Waals surface area contributed by atoms with Crippen molar-refractivity contribution in [1.82, 2.24) is 10.3 Å². The molecule has 1 aliphatic rings. The van der Waals surface area contributed by atoms with Crippen molar-refractivity contribution in [3.63, 3.8) is 0 Å². The summed E-state index contributed by atoms with van der Waals surface area (Å²) in [6, 6.07) is 16.3. The van der Waals surface area contributed by atoms with E-state index in [1.165, 1.54) is 0 Å². The van der Waals surface area contributed by atoms with E-state index < -0.39 is 0 Å². The fraction of sp³-hybridized carbons (Fsp3) is 0.217. The molecule has 2 heterocycles. The summed E-state index contributed by atoms with van der Waals surface area (Å²) in [5.41, 5.74) is 2.40. The smallest absolute Gasteiger partial charge is 0.319 e. The van der Waals surface area contributed by atoms with Gasteiger partial charge in [0.2, 0.25) is 12.7 Å². The number of pyridine rings is 1. The second-order valence-electron chi connectivity index (χ2n) is 6.71. The highest BCUT2D eigenvalue weighted by atomic mass is 16.7. The summed E-state index contributed by atoms with van der Waals surface area (Å²) in [7, 11) is 0. The van der Waals surface area contributed by atoms with Crippen molar-refractivity contribution in [1.29, 1.82) is 0 Å². The Bertz CT molecular complexity index is 1060. The Balaban J connectivity index is 1.30. The van der Waals surface area contributed by atoms with Crippen LogP contribution in [0.25, 0.3) is 0 Å². The molecule has 3 aromatic rings. The lowest BCUT2D eigenvalue weighted by Crippen LogP contribution is -2.28. The molecule has 0 aliphatic carbocycles. The standard InChI is InChI=1S/C23H23N3O5/c1-2-28-22-17(6-4-10-24-22)13-25-23(27)26-18-7-3-5-16(11-18)14-29-19-8-9-20-21(12-19)31-15-30-20/h3-12H,2,13-15H2,1H3,(H2,25,26,27). The monoisotopic (exact) mass is 421 g/mol. The molecule has 4 rings (SSSR count). The summed E-state index contributed by atoms with van der Waals surface area (Å²) in [6.07, 6.45) is 1.66. The minimum Gasteiger partial charge on any atom is -0.489 e.